The van der Waals surface area contributed by atoms with E-state index in [0.717, 1.165) is 25.7 Å². The van der Waals surface area contributed by atoms with Gasteiger partial charge in [0, 0.05) is 32.0 Å². The van der Waals surface area contributed by atoms with Crippen LogP contribution in [-0.4, -0.2) is 46.7 Å². The van der Waals surface area contributed by atoms with E-state index < -0.39 is 0 Å². The molecule has 1 aromatic heterocycles. The molecule has 1 aliphatic rings. The van der Waals surface area contributed by atoms with Gasteiger partial charge >= 0.3 is 0 Å². The first-order chi connectivity index (χ1) is 10.5. The van der Waals surface area contributed by atoms with Gasteiger partial charge in [0.25, 0.3) is 5.91 Å². The lowest BCUT2D eigenvalue weighted by molar-refractivity contribution is 0.0652. The van der Waals surface area contributed by atoms with Crippen LogP contribution in [0.15, 0.2) is 18.3 Å². The molecule has 22 heavy (non-hydrogen) atoms. The lowest BCUT2D eigenvalue weighted by Crippen LogP contribution is -2.39. The normalized spacial score (nSPS) is 21.7. The van der Waals surface area contributed by atoms with Crippen LogP contribution in [0.25, 0.3) is 0 Å². The van der Waals surface area contributed by atoms with Crippen molar-refractivity contribution in [2.45, 2.75) is 51.7 Å². The van der Waals surface area contributed by atoms with Crippen LogP contribution in [0.3, 0.4) is 0 Å². The predicted molar refractivity (Wildman–Crippen MR) is 84.9 cm³/mol. The molecule has 1 aromatic rings. The predicted octanol–water partition coefficient (Wildman–Crippen LogP) is 2.49. The van der Waals surface area contributed by atoms with E-state index in [1.54, 1.807) is 18.3 Å². The number of aliphatic hydroxyl groups is 1. The molecular weight excluding hydrogens is 280 g/mol. The minimum Gasteiger partial charge on any atom is -0.475 e. The zero-order chi connectivity index (χ0) is 16.1. The molecule has 1 N–H and O–H groups in total. The van der Waals surface area contributed by atoms with Crippen molar-refractivity contribution in [2.24, 2.45) is 5.92 Å². The third-order valence-electron chi connectivity index (χ3n) is 4.28. The highest BCUT2D eigenvalue weighted by atomic mass is 16.5. The van der Waals surface area contributed by atoms with Crippen molar-refractivity contribution in [3.8, 4) is 5.88 Å². The fourth-order valence-corrected chi connectivity index (χ4v) is 2.90. The Balaban J connectivity index is 1.95. The Hall–Kier alpha value is -1.62. The summed E-state index contributed by atoms with van der Waals surface area (Å²) in [6, 6.07) is 3.76. The molecule has 0 bridgehead atoms. The third kappa shape index (κ3) is 4.19. The molecule has 0 aromatic carbocycles. The van der Waals surface area contributed by atoms with Crippen molar-refractivity contribution < 1.29 is 14.6 Å². The molecule has 0 aliphatic heterocycles. The van der Waals surface area contributed by atoms with Gasteiger partial charge in [-0.05, 0) is 51.5 Å². The van der Waals surface area contributed by atoms with Crippen molar-refractivity contribution in [3.63, 3.8) is 0 Å². The van der Waals surface area contributed by atoms with Crippen LogP contribution in [0.5, 0.6) is 5.88 Å². The summed E-state index contributed by atoms with van der Waals surface area (Å²) in [5.41, 5.74) is 0.586. The van der Waals surface area contributed by atoms with Crippen LogP contribution >= 0.6 is 0 Å². The van der Waals surface area contributed by atoms with Gasteiger partial charge in [-0.1, -0.05) is 0 Å². The van der Waals surface area contributed by atoms with Crippen LogP contribution in [-0.2, 0) is 0 Å². The van der Waals surface area contributed by atoms with Gasteiger partial charge in [0.1, 0.15) is 0 Å². The highest BCUT2D eigenvalue weighted by molar-refractivity contribution is 5.94. The maximum atomic E-state index is 12.5. The molecule has 122 valence electrons. The lowest BCUT2D eigenvalue weighted by atomic mass is 9.86. The van der Waals surface area contributed by atoms with Gasteiger partial charge in [0.05, 0.1) is 11.7 Å². The number of rotatable bonds is 5. The summed E-state index contributed by atoms with van der Waals surface area (Å²) < 4.78 is 5.49. The Kier molecular flexibility index (Phi) is 5.77. The van der Waals surface area contributed by atoms with Crippen LogP contribution in [0, 0.1) is 5.92 Å². The summed E-state index contributed by atoms with van der Waals surface area (Å²) in [6.45, 7) is 4.14. The van der Waals surface area contributed by atoms with Gasteiger partial charge in [-0.25, -0.2) is 4.98 Å². The molecule has 1 fully saturated rings. The zero-order valence-corrected chi connectivity index (χ0v) is 13.7. The molecule has 5 nitrogen and oxygen atoms in total. The number of carbonyl (C=O) groups is 1. The third-order valence-corrected chi connectivity index (χ3v) is 4.28. The fraction of sp³-hybridized carbons (Fsp3) is 0.647. The molecule has 1 saturated carbocycles. The van der Waals surface area contributed by atoms with E-state index in [9.17, 15) is 9.90 Å². The van der Waals surface area contributed by atoms with Gasteiger partial charge in [-0.15, -0.1) is 0 Å². The van der Waals surface area contributed by atoms with E-state index in [0.29, 0.717) is 17.4 Å². The minimum absolute atomic E-state index is 0.00366. The van der Waals surface area contributed by atoms with Gasteiger partial charge in [0.2, 0.25) is 5.88 Å². The van der Waals surface area contributed by atoms with E-state index in [1.807, 2.05) is 25.8 Å². The molecule has 1 amide bonds. The van der Waals surface area contributed by atoms with E-state index in [-0.39, 0.29) is 24.7 Å². The fourth-order valence-electron chi connectivity index (χ4n) is 2.90. The highest BCUT2D eigenvalue weighted by Gasteiger charge is 2.26. The van der Waals surface area contributed by atoms with Crippen LogP contribution in [0.1, 0.15) is 49.9 Å². The van der Waals surface area contributed by atoms with E-state index in [2.05, 4.69) is 4.98 Å². The average Bonchev–Trinajstić information content (AvgIpc) is 2.54. The Morgan fingerprint density at radius 2 is 2.05 bits per heavy atom. The summed E-state index contributed by atoms with van der Waals surface area (Å²) in [5, 5.41) is 9.19. The molecule has 0 unspecified atom stereocenters. The Labute approximate surface area is 132 Å². The average molecular weight is 306 g/mol. The van der Waals surface area contributed by atoms with Gasteiger partial charge in [-0.3, -0.25) is 4.79 Å². The van der Waals surface area contributed by atoms with E-state index in [1.165, 1.54) is 0 Å². The summed E-state index contributed by atoms with van der Waals surface area (Å²) in [6.07, 6.45) is 5.52. The molecule has 5 heteroatoms. The molecule has 1 heterocycles. The number of aliphatic hydroxyl groups excluding tert-OH is 1. The first-order valence-electron chi connectivity index (χ1n) is 8.02. The molecule has 0 saturated heterocycles. The zero-order valence-electron chi connectivity index (χ0n) is 13.7. The van der Waals surface area contributed by atoms with Crippen LogP contribution in [0.2, 0.25) is 0 Å². The molecule has 0 atom stereocenters. The van der Waals surface area contributed by atoms with Crippen LogP contribution < -0.4 is 4.74 Å². The van der Waals surface area contributed by atoms with Crippen LogP contribution in [0.4, 0.5) is 0 Å². The van der Waals surface area contributed by atoms with Crippen molar-refractivity contribution in [2.75, 3.05) is 13.7 Å². The number of hydrogen-bond donors (Lipinski definition) is 1. The van der Waals surface area contributed by atoms with Crippen molar-refractivity contribution >= 4 is 5.91 Å². The van der Waals surface area contributed by atoms with E-state index in [4.69, 9.17) is 4.74 Å². The number of amides is 1. The summed E-state index contributed by atoms with van der Waals surface area (Å²) >= 11 is 0. The molecular formula is C17H26N2O3. The number of nitrogens with zero attached hydrogens (tertiary/aromatic N) is 2. The number of aromatic nitrogens is 1. The van der Waals surface area contributed by atoms with Crippen molar-refractivity contribution in [1.29, 1.82) is 0 Å². The number of ether oxygens (including phenoxy) is 1. The Morgan fingerprint density at radius 3 is 2.55 bits per heavy atom. The topological polar surface area (TPSA) is 62.7 Å². The summed E-state index contributed by atoms with van der Waals surface area (Å²) in [5.74, 6) is 0.933. The van der Waals surface area contributed by atoms with Crippen molar-refractivity contribution in [1.82, 2.24) is 9.88 Å². The lowest BCUT2D eigenvalue weighted by Gasteiger charge is -2.34. The molecule has 0 spiro atoms. The number of pyridine rings is 1. The second kappa shape index (κ2) is 7.58. The second-order valence-corrected chi connectivity index (χ2v) is 6.32. The summed E-state index contributed by atoms with van der Waals surface area (Å²) in [4.78, 5) is 18.5. The second-order valence-electron chi connectivity index (χ2n) is 6.32. The standard InChI is InChI=1S/C17H26N2O3/c1-12(2)22-16-9-6-14(10-18-16)17(21)19(3)15-7-4-13(11-20)5-8-15/h6,9-10,12-13,15,20H,4-5,7-8,11H2,1-3H3. The quantitative estimate of drug-likeness (QED) is 0.908. The molecule has 1 aliphatic carbocycles. The number of carbonyl (C=O) groups excluding carboxylic acids is 1. The largest absolute Gasteiger partial charge is 0.475 e. The summed E-state index contributed by atoms with van der Waals surface area (Å²) in [7, 11) is 1.85. The minimum atomic E-state index is -0.00366. The Morgan fingerprint density at radius 1 is 1.36 bits per heavy atom. The molecule has 2 rings (SSSR count). The SMILES string of the molecule is CC(C)Oc1ccc(C(=O)N(C)C2CCC(CO)CC2)cn1. The maximum Gasteiger partial charge on any atom is 0.255 e. The van der Waals surface area contributed by atoms with Gasteiger partial charge < -0.3 is 14.7 Å². The molecule has 0 radical (unpaired) electrons. The van der Waals surface area contributed by atoms with E-state index >= 15 is 0 Å². The highest BCUT2D eigenvalue weighted by Crippen LogP contribution is 2.27. The van der Waals surface area contributed by atoms with Gasteiger partial charge in [-0.2, -0.15) is 0 Å². The van der Waals surface area contributed by atoms with Gasteiger partial charge in [0.15, 0.2) is 0 Å². The number of hydrogen-bond acceptors (Lipinski definition) is 4. The first kappa shape index (κ1) is 16.7. The Bertz CT molecular complexity index is 479. The monoisotopic (exact) mass is 306 g/mol. The smallest absolute Gasteiger partial charge is 0.255 e. The first-order valence-corrected chi connectivity index (χ1v) is 8.02. The maximum absolute atomic E-state index is 12.5. The van der Waals surface area contributed by atoms with Crippen molar-refractivity contribution in [3.05, 3.63) is 23.9 Å².